The molecule has 1 aliphatic rings. The third-order valence-electron chi connectivity index (χ3n) is 3.63. The van der Waals surface area contributed by atoms with E-state index in [0.29, 0.717) is 11.7 Å². The van der Waals surface area contributed by atoms with Crippen LogP contribution in [0.3, 0.4) is 0 Å². The smallest absolute Gasteiger partial charge is 0.137 e. The minimum atomic E-state index is 0.367. The summed E-state index contributed by atoms with van der Waals surface area (Å²) in [5.41, 5.74) is 7.13. The highest BCUT2D eigenvalue weighted by Crippen LogP contribution is 2.30. The van der Waals surface area contributed by atoms with Crippen molar-refractivity contribution in [3.05, 3.63) is 11.9 Å². The number of nitrogens with zero attached hydrogens (tertiary/aromatic N) is 3. The van der Waals surface area contributed by atoms with E-state index in [-0.39, 0.29) is 0 Å². The van der Waals surface area contributed by atoms with Gasteiger partial charge < -0.3 is 10.6 Å². The zero-order valence-corrected chi connectivity index (χ0v) is 11.5. The summed E-state index contributed by atoms with van der Waals surface area (Å²) >= 11 is 0. The van der Waals surface area contributed by atoms with E-state index in [2.05, 4.69) is 28.7 Å². The molecule has 0 atom stereocenters. The van der Waals surface area contributed by atoms with Crippen molar-refractivity contribution in [3.8, 4) is 0 Å². The first-order valence-electron chi connectivity index (χ1n) is 7.05. The standard InChI is InChI=1S/C14H24N4/c1-11(2)12-13(15)16-10-17-14(12)18-8-6-4-3-5-7-9-18/h10-11H,3-9H2,1-2H3,(H2,15,16,17). The van der Waals surface area contributed by atoms with Crippen LogP contribution in [-0.4, -0.2) is 23.1 Å². The van der Waals surface area contributed by atoms with Crippen molar-refractivity contribution >= 4 is 11.6 Å². The van der Waals surface area contributed by atoms with E-state index in [1.807, 2.05) is 0 Å². The second kappa shape index (κ2) is 6.03. The van der Waals surface area contributed by atoms with E-state index in [1.165, 1.54) is 32.1 Å². The lowest BCUT2D eigenvalue weighted by molar-refractivity contribution is 0.551. The number of aromatic nitrogens is 2. The van der Waals surface area contributed by atoms with E-state index in [9.17, 15) is 0 Å². The molecule has 2 rings (SSSR count). The average Bonchev–Trinajstić information content (AvgIpc) is 2.27. The first-order valence-corrected chi connectivity index (χ1v) is 7.05. The largest absolute Gasteiger partial charge is 0.383 e. The molecule has 2 heterocycles. The third kappa shape index (κ3) is 2.92. The summed E-state index contributed by atoms with van der Waals surface area (Å²) in [6, 6.07) is 0. The summed E-state index contributed by atoms with van der Waals surface area (Å²) in [5.74, 6) is 2.06. The maximum absolute atomic E-state index is 6.02. The molecule has 0 spiro atoms. The van der Waals surface area contributed by atoms with Crippen LogP contribution in [0.1, 0.15) is 57.4 Å². The van der Waals surface area contributed by atoms with E-state index in [4.69, 9.17) is 5.73 Å². The number of anilines is 2. The molecule has 2 N–H and O–H groups in total. The highest BCUT2D eigenvalue weighted by Gasteiger charge is 2.18. The molecular weight excluding hydrogens is 224 g/mol. The quantitative estimate of drug-likeness (QED) is 0.874. The van der Waals surface area contributed by atoms with Crippen LogP contribution >= 0.6 is 0 Å². The van der Waals surface area contributed by atoms with Crippen molar-refractivity contribution in [3.63, 3.8) is 0 Å². The van der Waals surface area contributed by atoms with Gasteiger partial charge in [-0.2, -0.15) is 0 Å². The normalized spacial score (nSPS) is 17.6. The van der Waals surface area contributed by atoms with Gasteiger partial charge in [0.05, 0.1) is 0 Å². The molecule has 4 nitrogen and oxygen atoms in total. The highest BCUT2D eigenvalue weighted by atomic mass is 15.2. The molecule has 100 valence electrons. The molecule has 1 aromatic rings. The molecule has 18 heavy (non-hydrogen) atoms. The van der Waals surface area contributed by atoms with Crippen LogP contribution in [0.2, 0.25) is 0 Å². The van der Waals surface area contributed by atoms with Crippen LogP contribution in [-0.2, 0) is 0 Å². The monoisotopic (exact) mass is 248 g/mol. The Bertz CT molecular complexity index is 381. The molecular formula is C14H24N4. The number of rotatable bonds is 2. The topological polar surface area (TPSA) is 55.0 Å². The number of hydrogen-bond donors (Lipinski definition) is 1. The van der Waals surface area contributed by atoms with Crippen LogP contribution < -0.4 is 10.6 Å². The first-order chi connectivity index (χ1) is 8.70. The molecule has 1 aromatic heterocycles. The van der Waals surface area contributed by atoms with Gasteiger partial charge in [-0.25, -0.2) is 9.97 Å². The second-order valence-corrected chi connectivity index (χ2v) is 5.41. The summed E-state index contributed by atoms with van der Waals surface area (Å²) < 4.78 is 0. The van der Waals surface area contributed by atoms with E-state index in [1.54, 1.807) is 6.33 Å². The van der Waals surface area contributed by atoms with E-state index in [0.717, 1.165) is 24.5 Å². The zero-order chi connectivity index (χ0) is 13.0. The Kier molecular flexibility index (Phi) is 4.39. The molecule has 0 unspecified atom stereocenters. The summed E-state index contributed by atoms with van der Waals surface area (Å²) in [6.45, 7) is 6.50. The van der Waals surface area contributed by atoms with Crippen LogP contribution in [0.4, 0.5) is 11.6 Å². The van der Waals surface area contributed by atoms with Gasteiger partial charge in [0.2, 0.25) is 0 Å². The van der Waals surface area contributed by atoms with Crippen molar-refractivity contribution in [2.24, 2.45) is 0 Å². The van der Waals surface area contributed by atoms with Gasteiger partial charge >= 0.3 is 0 Å². The Morgan fingerprint density at radius 3 is 2.28 bits per heavy atom. The van der Waals surface area contributed by atoms with Crippen molar-refractivity contribution in [1.82, 2.24) is 9.97 Å². The van der Waals surface area contributed by atoms with Gasteiger partial charge in [-0.1, -0.05) is 33.1 Å². The van der Waals surface area contributed by atoms with E-state index >= 15 is 0 Å². The Labute approximate surface area is 110 Å². The minimum absolute atomic E-state index is 0.367. The fourth-order valence-corrected chi connectivity index (χ4v) is 2.66. The Morgan fingerprint density at radius 2 is 1.67 bits per heavy atom. The molecule has 0 radical (unpaired) electrons. The molecule has 1 fully saturated rings. The maximum atomic E-state index is 6.02. The minimum Gasteiger partial charge on any atom is -0.383 e. The maximum Gasteiger partial charge on any atom is 0.137 e. The summed E-state index contributed by atoms with van der Waals surface area (Å²) in [5, 5.41) is 0. The lowest BCUT2D eigenvalue weighted by Crippen LogP contribution is -2.29. The van der Waals surface area contributed by atoms with Crippen molar-refractivity contribution in [2.45, 2.75) is 51.9 Å². The highest BCUT2D eigenvalue weighted by molar-refractivity contribution is 5.58. The molecule has 1 aliphatic heterocycles. The van der Waals surface area contributed by atoms with Crippen molar-refractivity contribution in [1.29, 1.82) is 0 Å². The summed E-state index contributed by atoms with van der Waals surface area (Å²) in [4.78, 5) is 11.0. The SMILES string of the molecule is CC(C)c1c(N)ncnc1N1CCCCCCC1. The Hall–Kier alpha value is -1.32. The van der Waals surface area contributed by atoms with Crippen LogP contribution in [0.15, 0.2) is 6.33 Å². The average molecular weight is 248 g/mol. The predicted molar refractivity (Wildman–Crippen MR) is 75.8 cm³/mol. The number of nitrogen functional groups attached to an aromatic ring is 1. The third-order valence-corrected chi connectivity index (χ3v) is 3.63. The summed E-state index contributed by atoms with van der Waals surface area (Å²) in [7, 11) is 0. The van der Waals surface area contributed by atoms with Gasteiger partial charge in [0, 0.05) is 18.7 Å². The van der Waals surface area contributed by atoms with E-state index < -0.39 is 0 Å². The van der Waals surface area contributed by atoms with Gasteiger partial charge in [-0.15, -0.1) is 0 Å². The molecule has 1 saturated heterocycles. The predicted octanol–water partition coefficient (Wildman–Crippen LogP) is 2.95. The van der Waals surface area contributed by atoms with Crippen molar-refractivity contribution < 1.29 is 0 Å². The fourth-order valence-electron chi connectivity index (χ4n) is 2.66. The van der Waals surface area contributed by atoms with Gasteiger partial charge in [0.1, 0.15) is 18.0 Å². The number of nitrogens with two attached hydrogens (primary N) is 1. The molecule has 4 heteroatoms. The Morgan fingerprint density at radius 1 is 1.06 bits per heavy atom. The molecule has 0 aromatic carbocycles. The lowest BCUT2D eigenvalue weighted by Gasteiger charge is -2.28. The molecule has 0 amide bonds. The van der Waals surface area contributed by atoms with Gasteiger partial charge in [0.15, 0.2) is 0 Å². The first kappa shape index (κ1) is 13.1. The lowest BCUT2D eigenvalue weighted by atomic mass is 10.0. The van der Waals surface area contributed by atoms with Crippen LogP contribution in [0.25, 0.3) is 0 Å². The molecule has 0 bridgehead atoms. The molecule has 0 saturated carbocycles. The van der Waals surface area contributed by atoms with Gasteiger partial charge in [-0.3, -0.25) is 0 Å². The Balaban J connectivity index is 2.27. The fraction of sp³-hybridized carbons (Fsp3) is 0.714. The van der Waals surface area contributed by atoms with Crippen LogP contribution in [0, 0.1) is 0 Å². The van der Waals surface area contributed by atoms with Crippen molar-refractivity contribution in [2.75, 3.05) is 23.7 Å². The molecule has 0 aliphatic carbocycles. The zero-order valence-electron chi connectivity index (χ0n) is 11.5. The number of hydrogen-bond acceptors (Lipinski definition) is 4. The van der Waals surface area contributed by atoms with Crippen LogP contribution in [0.5, 0.6) is 0 Å². The van der Waals surface area contributed by atoms with Gasteiger partial charge in [-0.05, 0) is 18.8 Å². The second-order valence-electron chi connectivity index (χ2n) is 5.41. The summed E-state index contributed by atoms with van der Waals surface area (Å²) in [6.07, 6.45) is 8.12. The van der Waals surface area contributed by atoms with Gasteiger partial charge in [0.25, 0.3) is 0 Å².